The summed E-state index contributed by atoms with van der Waals surface area (Å²) in [5, 5.41) is 11.1. The van der Waals surface area contributed by atoms with Crippen molar-refractivity contribution in [2.75, 3.05) is 13.1 Å². The fourth-order valence-corrected chi connectivity index (χ4v) is 5.06. The summed E-state index contributed by atoms with van der Waals surface area (Å²) in [5.74, 6) is 0.805. The number of benzene rings is 1. The number of rotatable bonds is 8. The van der Waals surface area contributed by atoms with Crippen LogP contribution in [0.25, 0.3) is 0 Å². The molecule has 1 aromatic carbocycles. The number of carbonyl (C=O) groups is 2. The largest absolute Gasteiger partial charge is 0.443 e. The molecule has 1 aromatic rings. The standard InChI is InChI=1S/C25H39N3O5/c1-25(2,3)33-27-23(30)20-14-18-11-7-8-12-19(18)15-28(20)16-21(29)22(32-24(26)31)13-17-9-5-4-6-10-17/h4-6,9-10,18-22,29H,7-8,11-16H2,1-3H3,(H2,26,31)(H,27,30)/t18-,19+,20-,21?,22?/m0/s1. The molecule has 0 radical (unpaired) electrons. The number of nitrogens with one attached hydrogen (secondary N) is 1. The summed E-state index contributed by atoms with van der Waals surface area (Å²) in [4.78, 5) is 32.2. The molecule has 1 aliphatic carbocycles. The second-order valence-corrected chi connectivity index (χ2v) is 10.4. The number of hydrogen-bond donors (Lipinski definition) is 3. The molecule has 33 heavy (non-hydrogen) atoms. The van der Waals surface area contributed by atoms with Crippen LogP contribution in [0.5, 0.6) is 0 Å². The molecule has 1 saturated carbocycles. The SMILES string of the molecule is CC(C)(C)ONC(=O)[C@@H]1C[C@@H]2CCCC[C@@H]2CN1CC(O)C(Cc1ccccc1)OC(N)=O. The van der Waals surface area contributed by atoms with Crippen molar-refractivity contribution in [1.82, 2.24) is 10.4 Å². The minimum absolute atomic E-state index is 0.198. The number of carbonyl (C=O) groups excluding carboxylic acids is 2. The van der Waals surface area contributed by atoms with E-state index in [4.69, 9.17) is 15.3 Å². The number of ether oxygens (including phenoxy) is 1. The van der Waals surface area contributed by atoms with Crippen molar-refractivity contribution in [3.63, 3.8) is 0 Å². The molecule has 0 bridgehead atoms. The van der Waals surface area contributed by atoms with E-state index in [0.29, 0.717) is 18.3 Å². The number of fused-ring (bicyclic) bond motifs is 1. The molecule has 3 rings (SSSR count). The number of amides is 2. The summed E-state index contributed by atoms with van der Waals surface area (Å²) in [7, 11) is 0. The maximum absolute atomic E-state index is 13.1. The molecule has 0 aromatic heterocycles. The maximum Gasteiger partial charge on any atom is 0.404 e. The van der Waals surface area contributed by atoms with Gasteiger partial charge in [0.2, 0.25) is 0 Å². The number of nitrogens with zero attached hydrogens (tertiary/aromatic N) is 1. The van der Waals surface area contributed by atoms with Crippen LogP contribution in [0, 0.1) is 11.8 Å². The van der Waals surface area contributed by atoms with Crippen molar-refractivity contribution in [2.24, 2.45) is 17.6 Å². The zero-order chi connectivity index (χ0) is 24.0. The topological polar surface area (TPSA) is 114 Å². The third-order valence-electron chi connectivity index (χ3n) is 6.66. The molecule has 2 amide bonds. The molecule has 8 heteroatoms. The number of aliphatic hydroxyl groups is 1. The van der Waals surface area contributed by atoms with Crippen molar-refractivity contribution in [2.45, 2.75) is 83.1 Å². The van der Waals surface area contributed by atoms with Gasteiger partial charge >= 0.3 is 6.09 Å². The van der Waals surface area contributed by atoms with Gasteiger partial charge in [0, 0.05) is 19.5 Å². The van der Waals surface area contributed by atoms with Gasteiger partial charge in [-0.1, -0.05) is 49.6 Å². The Morgan fingerprint density at radius 3 is 2.48 bits per heavy atom. The van der Waals surface area contributed by atoms with Crippen molar-refractivity contribution >= 4 is 12.0 Å². The van der Waals surface area contributed by atoms with Crippen molar-refractivity contribution in [3.05, 3.63) is 35.9 Å². The maximum atomic E-state index is 13.1. The van der Waals surface area contributed by atoms with Crippen molar-refractivity contribution in [3.8, 4) is 0 Å². The number of aliphatic hydroxyl groups excluding tert-OH is 1. The first-order valence-corrected chi connectivity index (χ1v) is 12.0. The monoisotopic (exact) mass is 461 g/mol. The molecule has 1 heterocycles. The van der Waals surface area contributed by atoms with E-state index in [1.165, 1.54) is 12.8 Å². The molecule has 2 unspecified atom stereocenters. The van der Waals surface area contributed by atoms with E-state index in [1.807, 2.05) is 56.0 Å². The highest BCUT2D eigenvalue weighted by molar-refractivity contribution is 5.81. The van der Waals surface area contributed by atoms with E-state index < -0.39 is 29.9 Å². The average molecular weight is 462 g/mol. The third-order valence-corrected chi connectivity index (χ3v) is 6.66. The molecule has 1 aliphatic heterocycles. The molecule has 8 nitrogen and oxygen atoms in total. The van der Waals surface area contributed by atoms with Gasteiger partial charge < -0.3 is 15.6 Å². The zero-order valence-electron chi connectivity index (χ0n) is 20.0. The lowest BCUT2D eigenvalue weighted by Crippen LogP contribution is -2.58. The molecular weight excluding hydrogens is 422 g/mol. The normalized spacial score (nSPS) is 25.5. The highest BCUT2D eigenvalue weighted by atomic mass is 16.7. The number of β-amino-alcohol motifs (C(OH)–C–C–N with tert-alkyl or cyclic N) is 1. The van der Waals surface area contributed by atoms with E-state index in [9.17, 15) is 14.7 Å². The molecule has 5 atom stereocenters. The minimum atomic E-state index is -0.989. The predicted molar refractivity (Wildman–Crippen MR) is 125 cm³/mol. The number of nitrogens with two attached hydrogens (primary N) is 1. The van der Waals surface area contributed by atoms with Crippen LogP contribution in [-0.2, 0) is 20.8 Å². The first-order chi connectivity index (χ1) is 15.6. The van der Waals surface area contributed by atoms with Crippen molar-refractivity contribution < 1.29 is 24.3 Å². The van der Waals surface area contributed by atoms with Crippen LogP contribution in [0.3, 0.4) is 0 Å². The number of likely N-dealkylation sites (tertiary alicyclic amines) is 1. The zero-order valence-corrected chi connectivity index (χ0v) is 20.0. The Bertz CT molecular complexity index is 782. The molecule has 0 spiro atoms. The second-order valence-electron chi connectivity index (χ2n) is 10.4. The van der Waals surface area contributed by atoms with Crippen LogP contribution >= 0.6 is 0 Å². The Morgan fingerprint density at radius 2 is 1.85 bits per heavy atom. The van der Waals surface area contributed by atoms with Crippen molar-refractivity contribution in [1.29, 1.82) is 0 Å². The number of hydroxylamine groups is 1. The quantitative estimate of drug-likeness (QED) is 0.513. The van der Waals surface area contributed by atoms with Crippen LogP contribution in [0.1, 0.15) is 58.4 Å². The van der Waals surface area contributed by atoms with E-state index in [0.717, 1.165) is 31.4 Å². The minimum Gasteiger partial charge on any atom is -0.443 e. The summed E-state index contributed by atoms with van der Waals surface area (Å²) in [6.07, 6.45) is 3.02. The first kappa shape index (κ1) is 25.5. The molecule has 2 fully saturated rings. The lowest BCUT2D eigenvalue weighted by Gasteiger charge is -2.46. The summed E-state index contributed by atoms with van der Waals surface area (Å²) in [6.45, 7) is 6.57. The highest BCUT2D eigenvalue weighted by Gasteiger charge is 2.41. The molecule has 1 saturated heterocycles. The third kappa shape index (κ3) is 7.69. The lowest BCUT2D eigenvalue weighted by atomic mass is 9.72. The molecule has 4 N–H and O–H groups in total. The number of piperidine rings is 1. The average Bonchev–Trinajstić information content (AvgIpc) is 2.76. The Balaban J connectivity index is 1.73. The smallest absolute Gasteiger partial charge is 0.404 e. The van der Waals surface area contributed by atoms with Crippen LogP contribution < -0.4 is 11.2 Å². The fraction of sp³-hybridized carbons (Fsp3) is 0.680. The Morgan fingerprint density at radius 1 is 1.18 bits per heavy atom. The van der Waals surface area contributed by atoms with Crippen LogP contribution in [0.2, 0.25) is 0 Å². The van der Waals surface area contributed by atoms with Gasteiger partial charge in [-0.25, -0.2) is 10.3 Å². The predicted octanol–water partition coefficient (Wildman–Crippen LogP) is 2.78. The number of hydrogen-bond acceptors (Lipinski definition) is 6. The summed E-state index contributed by atoms with van der Waals surface area (Å²) in [6, 6.07) is 9.11. The van der Waals surface area contributed by atoms with E-state index in [1.54, 1.807) is 0 Å². The van der Waals surface area contributed by atoms with Gasteiger partial charge in [-0.15, -0.1) is 0 Å². The first-order valence-electron chi connectivity index (χ1n) is 12.0. The summed E-state index contributed by atoms with van der Waals surface area (Å²) in [5.41, 5.74) is 8.35. The van der Waals surface area contributed by atoms with Gasteiger partial charge in [0.05, 0.1) is 11.6 Å². The van der Waals surface area contributed by atoms with E-state index in [-0.39, 0.29) is 12.5 Å². The Kier molecular flexibility index (Phi) is 8.73. The molecule has 184 valence electrons. The second kappa shape index (κ2) is 11.3. The lowest BCUT2D eigenvalue weighted by molar-refractivity contribution is -0.155. The molecule has 2 aliphatic rings. The van der Waals surface area contributed by atoms with Gasteiger partial charge in [0.15, 0.2) is 0 Å². The fourth-order valence-electron chi connectivity index (χ4n) is 5.06. The van der Waals surface area contributed by atoms with Crippen LogP contribution in [0.15, 0.2) is 30.3 Å². The van der Waals surface area contributed by atoms with Crippen LogP contribution in [0.4, 0.5) is 4.79 Å². The number of primary amides is 1. The van der Waals surface area contributed by atoms with Gasteiger partial charge in [-0.05, 0) is 51.0 Å². The highest BCUT2D eigenvalue weighted by Crippen LogP contribution is 2.38. The Labute approximate surface area is 196 Å². The van der Waals surface area contributed by atoms with E-state index >= 15 is 0 Å². The van der Waals surface area contributed by atoms with Gasteiger partial charge in [-0.3, -0.25) is 14.5 Å². The van der Waals surface area contributed by atoms with Crippen LogP contribution in [-0.4, -0.2) is 58.9 Å². The summed E-state index contributed by atoms with van der Waals surface area (Å²) >= 11 is 0. The Hall–Kier alpha value is -2.16. The van der Waals surface area contributed by atoms with E-state index in [2.05, 4.69) is 5.48 Å². The van der Waals surface area contributed by atoms with Gasteiger partial charge in [0.1, 0.15) is 12.2 Å². The summed E-state index contributed by atoms with van der Waals surface area (Å²) < 4.78 is 5.29. The van der Waals surface area contributed by atoms with Gasteiger partial charge in [0.25, 0.3) is 5.91 Å². The van der Waals surface area contributed by atoms with Gasteiger partial charge in [-0.2, -0.15) is 0 Å². The molecular formula is C25H39N3O5.